The number of nitrogen functional groups attached to an aromatic ring is 2. The van der Waals surface area contributed by atoms with E-state index in [4.69, 9.17) is 23.1 Å². The number of carbonyl (C=O) groups is 2. The average molecular weight is 257 g/mol. The Morgan fingerprint density at radius 3 is 2.12 bits per heavy atom. The van der Waals surface area contributed by atoms with Crippen molar-refractivity contribution in [3.8, 4) is 0 Å². The van der Waals surface area contributed by atoms with Crippen LogP contribution < -0.4 is 11.5 Å². The third-order valence-electron chi connectivity index (χ3n) is 2.03. The van der Waals surface area contributed by atoms with Gasteiger partial charge in [-0.05, 0) is 12.1 Å². The molecule has 0 atom stereocenters. The van der Waals surface area contributed by atoms with Crippen molar-refractivity contribution in [3.63, 3.8) is 0 Å². The summed E-state index contributed by atoms with van der Waals surface area (Å²) in [5.41, 5.74) is 11.5. The molecule has 0 aliphatic heterocycles. The number of benzene rings is 1. The van der Waals surface area contributed by atoms with Gasteiger partial charge in [-0.3, -0.25) is 4.79 Å². The zero-order chi connectivity index (χ0) is 13.2. The average Bonchev–Trinajstić information content (AvgIpc) is 2.24. The minimum atomic E-state index is -0.793. The normalized spacial score (nSPS) is 10.4. The highest BCUT2D eigenvalue weighted by Crippen LogP contribution is 2.27. The van der Waals surface area contributed by atoms with Crippen LogP contribution in [-0.4, -0.2) is 11.9 Å². The van der Waals surface area contributed by atoms with E-state index in [1.807, 2.05) is 0 Å². The summed E-state index contributed by atoms with van der Waals surface area (Å²) in [5, 5.41) is 0.178. The Labute approximate surface area is 104 Å². The van der Waals surface area contributed by atoms with Gasteiger partial charge in [0.25, 0.3) is 0 Å². The number of hydrogen-bond donors (Lipinski definition) is 2. The molecule has 0 fully saturated rings. The van der Waals surface area contributed by atoms with Gasteiger partial charge in [-0.25, -0.2) is 4.79 Å². The molecule has 1 rings (SSSR count). The zero-order valence-corrected chi connectivity index (χ0v) is 10.2. The molecule has 1 aromatic rings. The molecule has 0 heterocycles. The third kappa shape index (κ3) is 3.10. The van der Waals surface area contributed by atoms with Crippen molar-refractivity contribution in [2.24, 2.45) is 5.92 Å². The summed E-state index contributed by atoms with van der Waals surface area (Å²) < 4.78 is 4.62. The SMILES string of the molecule is CC(C)C(=O)OC(=O)c1cc(N)c(Cl)c(N)c1. The van der Waals surface area contributed by atoms with Gasteiger partial charge in [-0.1, -0.05) is 25.4 Å². The second kappa shape index (κ2) is 5.05. The van der Waals surface area contributed by atoms with Crippen molar-refractivity contribution in [2.45, 2.75) is 13.8 Å². The molecular weight excluding hydrogens is 244 g/mol. The predicted octanol–water partition coefficient (Wildman–Crippen LogP) is 1.84. The van der Waals surface area contributed by atoms with Crippen molar-refractivity contribution < 1.29 is 14.3 Å². The second-order valence-electron chi connectivity index (χ2n) is 3.83. The van der Waals surface area contributed by atoms with Crippen LogP contribution in [0.1, 0.15) is 24.2 Å². The molecule has 0 saturated carbocycles. The molecule has 0 saturated heterocycles. The first-order chi connectivity index (χ1) is 7.82. The summed E-state index contributed by atoms with van der Waals surface area (Å²) in [6.45, 7) is 3.25. The monoisotopic (exact) mass is 256 g/mol. The van der Waals surface area contributed by atoms with Gasteiger partial charge in [0.05, 0.1) is 27.9 Å². The first-order valence-corrected chi connectivity index (χ1v) is 5.31. The fourth-order valence-electron chi connectivity index (χ4n) is 1.06. The van der Waals surface area contributed by atoms with Crippen LogP contribution in [0.15, 0.2) is 12.1 Å². The summed E-state index contributed by atoms with van der Waals surface area (Å²) in [6, 6.07) is 2.63. The summed E-state index contributed by atoms with van der Waals surface area (Å²) in [7, 11) is 0. The molecule has 0 radical (unpaired) electrons. The van der Waals surface area contributed by atoms with E-state index in [1.54, 1.807) is 13.8 Å². The lowest BCUT2D eigenvalue weighted by Gasteiger charge is -2.08. The molecule has 5 nitrogen and oxygen atoms in total. The molecule has 1 aromatic carbocycles. The summed E-state index contributed by atoms with van der Waals surface area (Å²) in [4.78, 5) is 22.8. The van der Waals surface area contributed by atoms with Crippen LogP contribution in [0.25, 0.3) is 0 Å². The van der Waals surface area contributed by atoms with Crippen LogP contribution in [0.4, 0.5) is 11.4 Å². The first kappa shape index (κ1) is 13.3. The van der Waals surface area contributed by atoms with Crippen molar-refractivity contribution in [1.29, 1.82) is 0 Å². The Balaban J connectivity index is 2.94. The number of rotatable bonds is 2. The first-order valence-electron chi connectivity index (χ1n) is 4.93. The van der Waals surface area contributed by atoms with Crippen molar-refractivity contribution in [2.75, 3.05) is 11.5 Å². The van der Waals surface area contributed by atoms with E-state index >= 15 is 0 Å². The van der Waals surface area contributed by atoms with Crippen LogP contribution in [-0.2, 0) is 9.53 Å². The molecular formula is C11H13ClN2O3. The highest BCUT2D eigenvalue weighted by molar-refractivity contribution is 6.35. The lowest BCUT2D eigenvalue weighted by molar-refractivity contribution is -0.141. The maximum absolute atomic E-state index is 11.6. The van der Waals surface area contributed by atoms with Gasteiger partial charge in [0.2, 0.25) is 0 Å². The van der Waals surface area contributed by atoms with E-state index in [9.17, 15) is 9.59 Å². The Hall–Kier alpha value is -1.75. The predicted molar refractivity (Wildman–Crippen MR) is 65.5 cm³/mol. The zero-order valence-electron chi connectivity index (χ0n) is 9.49. The van der Waals surface area contributed by atoms with Gasteiger partial charge in [0.1, 0.15) is 0 Å². The van der Waals surface area contributed by atoms with Gasteiger partial charge in [-0.15, -0.1) is 0 Å². The van der Waals surface area contributed by atoms with E-state index in [2.05, 4.69) is 4.74 Å². The van der Waals surface area contributed by atoms with Crippen LogP contribution in [0.3, 0.4) is 0 Å². The minimum absolute atomic E-state index is 0.0957. The molecule has 0 bridgehead atoms. The maximum atomic E-state index is 11.6. The summed E-state index contributed by atoms with van der Waals surface area (Å²) in [6.07, 6.45) is 0. The number of halogens is 1. The molecule has 17 heavy (non-hydrogen) atoms. The third-order valence-corrected chi connectivity index (χ3v) is 2.47. The Kier molecular flexibility index (Phi) is 3.96. The largest absolute Gasteiger partial charge is 0.397 e. The second-order valence-corrected chi connectivity index (χ2v) is 4.21. The van der Waals surface area contributed by atoms with Crippen LogP contribution in [0.2, 0.25) is 5.02 Å². The number of carbonyl (C=O) groups excluding carboxylic acids is 2. The molecule has 4 N–H and O–H groups in total. The lowest BCUT2D eigenvalue weighted by Crippen LogP contribution is -2.17. The number of ether oxygens (including phenoxy) is 1. The topological polar surface area (TPSA) is 95.4 Å². The van der Waals surface area contributed by atoms with Gasteiger partial charge < -0.3 is 16.2 Å². The number of anilines is 2. The fourth-order valence-corrected chi connectivity index (χ4v) is 1.17. The van der Waals surface area contributed by atoms with Crippen molar-refractivity contribution in [1.82, 2.24) is 0 Å². The number of hydrogen-bond acceptors (Lipinski definition) is 5. The van der Waals surface area contributed by atoms with E-state index in [1.165, 1.54) is 12.1 Å². The Bertz CT molecular complexity index is 449. The number of esters is 2. The Morgan fingerprint density at radius 2 is 1.71 bits per heavy atom. The number of nitrogens with two attached hydrogens (primary N) is 2. The fraction of sp³-hybridized carbons (Fsp3) is 0.273. The molecule has 0 aliphatic carbocycles. The molecule has 0 aromatic heterocycles. The highest BCUT2D eigenvalue weighted by atomic mass is 35.5. The minimum Gasteiger partial charge on any atom is -0.397 e. The van der Waals surface area contributed by atoms with Crippen LogP contribution in [0, 0.1) is 5.92 Å². The van der Waals surface area contributed by atoms with Crippen molar-refractivity contribution in [3.05, 3.63) is 22.7 Å². The molecule has 0 spiro atoms. The summed E-state index contributed by atoms with van der Waals surface area (Å²) in [5.74, 6) is -1.79. The molecule has 0 amide bonds. The van der Waals surface area contributed by atoms with Crippen LogP contribution >= 0.6 is 11.6 Å². The van der Waals surface area contributed by atoms with Crippen LogP contribution in [0.5, 0.6) is 0 Å². The van der Waals surface area contributed by atoms with Gasteiger partial charge in [-0.2, -0.15) is 0 Å². The van der Waals surface area contributed by atoms with Crippen molar-refractivity contribution >= 4 is 34.9 Å². The van der Waals surface area contributed by atoms with Gasteiger partial charge in [0.15, 0.2) is 0 Å². The standard InChI is InChI=1S/C11H13ClN2O3/c1-5(2)10(15)17-11(16)6-3-7(13)9(12)8(14)4-6/h3-5H,13-14H2,1-2H3. The molecule has 0 unspecified atom stereocenters. The molecule has 92 valence electrons. The Morgan fingerprint density at radius 1 is 1.24 bits per heavy atom. The van der Waals surface area contributed by atoms with Gasteiger partial charge >= 0.3 is 11.9 Å². The van der Waals surface area contributed by atoms with E-state index in [0.717, 1.165) is 0 Å². The maximum Gasteiger partial charge on any atom is 0.345 e. The molecule has 0 aliphatic rings. The molecule has 6 heteroatoms. The van der Waals surface area contributed by atoms with Gasteiger partial charge in [0, 0.05) is 0 Å². The highest BCUT2D eigenvalue weighted by Gasteiger charge is 2.17. The van der Waals surface area contributed by atoms with E-state index in [-0.39, 0.29) is 27.9 Å². The summed E-state index contributed by atoms with van der Waals surface area (Å²) >= 11 is 5.74. The quantitative estimate of drug-likeness (QED) is 0.478. The lowest BCUT2D eigenvalue weighted by atomic mass is 10.1. The van der Waals surface area contributed by atoms with E-state index < -0.39 is 11.9 Å². The smallest absolute Gasteiger partial charge is 0.345 e. The van der Waals surface area contributed by atoms with E-state index in [0.29, 0.717) is 0 Å².